The molecule has 0 unspecified atom stereocenters. The van der Waals surface area contributed by atoms with Gasteiger partial charge >= 0.3 is 0 Å². The van der Waals surface area contributed by atoms with E-state index in [2.05, 4.69) is 258 Å². The van der Waals surface area contributed by atoms with E-state index in [9.17, 15) is 0 Å². The Morgan fingerprint density at radius 1 is 0.257 bits per heavy atom. The van der Waals surface area contributed by atoms with Crippen LogP contribution in [0, 0.1) is 41.5 Å². The smallest absolute Gasteiger partial charge is 0.0640 e. The van der Waals surface area contributed by atoms with Crippen LogP contribution in [-0.2, 0) is 0 Å². The first-order valence-corrected chi connectivity index (χ1v) is 25.8. The summed E-state index contributed by atoms with van der Waals surface area (Å²) in [4.78, 5) is 4.94. The lowest BCUT2D eigenvalue weighted by atomic mass is 9.94. The molecule has 0 saturated carbocycles. The fourth-order valence-corrected chi connectivity index (χ4v) is 13.2. The van der Waals surface area contributed by atoms with Crippen molar-refractivity contribution in [3.63, 3.8) is 0 Å². The zero-order valence-corrected chi connectivity index (χ0v) is 42.0. The quantitative estimate of drug-likeness (QED) is 0.142. The Morgan fingerprint density at radius 2 is 0.557 bits per heavy atom. The first kappa shape index (κ1) is 43.5. The van der Waals surface area contributed by atoms with Crippen LogP contribution in [0.25, 0.3) is 73.7 Å². The second-order valence-corrected chi connectivity index (χ2v) is 20.9. The van der Waals surface area contributed by atoms with E-state index in [0.717, 1.165) is 22.7 Å². The van der Waals surface area contributed by atoms with Gasteiger partial charge in [-0.15, -0.1) is 22.7 Å². The number of hydrogen-bond acceptors (Lipinski definition) is 4. The van der Waals surface area contributed by atoms with Gasteiger partial charge in [-0.1, -0.05) is 133 Å². The lowest BCUT2D eigenvalue weighted by Crippen LogP contribution is -2.11. The minimum absolute atomic E-state index is 1.13. The van der Waals surface area contributed by atoms with Crippen molar-refractivity contribution < 1.29 is 0 Å². The molecule has 0 saturated heterocycles. The Morgan fingerprint density at radius 3 is 0.900 bits per heavy atom. The zero-order valence-electron chi connectivity index (χ0n) is 40.3. The summed E-state index contributed by atoms with van der Waals surface area (Å²) >= 11 is 3.75. The highest BCUT2D eigenvalue weighted by Gasteiger charge is 2.23. The van der Waals surface area contributed by atoms with Crippen LogP contribution in [0.5, 0.6) is 0 Å². The maximum absolute atomic E-state index is 2.47. The third-order valence-corrected chi connectivity index (χ3v) is 16.7. The van der Waals surface area contributed by atoms with Crippen molar-refractivity contribution in [3.05, 3.63) is 240 Å². The Kier molecular flexibility index (Phi) is 11.0. The predicted octanol–water partition coefficient (Wildman–Crippen LogP) is 20.2. The lowest BCUT2D eigenvalue weighted by Gasteiger charge is -2.28. The molecule has 2 heterocycles. The van der Waals surface area contributed by atoms with E-state index in [1.807, 2.05) is 22.7 Å². The summed E-state index contributed by atoms with van der Waals surface area (Å²) in [6.45, 7) is 13.4. The SMILES string of the molecule is Cc1ccccc1-c1ccc(N(c2ccc(-c3ccc(N(c4ccc(-c5ccccc5C)c(C)c4)c4cccc5c4sc4ccccc45)cc3C)c(C)c2)c2cccc3c2sc2ccccc23)cc1C. The van der Waals surface area contributed by atoms with Gasteiger partial charge in [-0.25, -0.2) is 0 Å². The second kappa shape index (κ2) is 17.6. The van der Waals surface area contributed by atoms with Gasteiger partial charge in [-0.2, -0.15) is 0 Å². The lowest BCUT2D eigenvalue weighted by molar-refractivity contribution is 1.26. The second-order valence-electron chi connectivity index (χ2n) is 18.8. The topological polar surface area (TPSA) is 6.48 Å². The van der Waals surface area contributed by atoms with Gasteiger partial charge in [-0.3, -0.25) is 0 Å². The number of thiophene rings is 2. The molecule has 0 bridgehead atoms. The predicted molar refractivity (Wildman–Crippen MR) is 306 cm³/mol. The van der Waals surface area contributed by atoms with E-state index < -0.39 is 0 Å². The van der Waals surface area contributed by atoms with Crippen molar-refractivity contribution in [1.82, 2.24) is 0 Å². The van der Waals surface area contributed by atoms with E-state index >= 15 is 0 Å². The molecule has 12 rings (SSSR count). The summed E-state index contributed by atoms with van der Waals surface area (Å²) in [6.07, 6.45) is 0. The van der Waals surface area contributed by atoms with E-state index in [4.69, 9.17) is 0 Å². The molecule has 0 fully saturated rings. The van der Waals surface area contributed by atoms with Crippen LogP contribution in [0.2, 0.25) is 0 Å². The molecule has 0 atom stereocenters. The normalized spacial score (nSPS) is 11.6. The number of hydrogen-bond donors (Lipinski definition) is 0. The summed E-state index contributed by atoms with van der Waals surface area (Å²) < 4.78 is 5.17. The Balaban J connectivity index is 0.970. The molecule has 0 radical (unpaired) electrons. The fraction of sp³-hybridized carbons (Fsp3) is 0.0909. The van der Waals surface area contributed by atoms with Gasteiger partial charge < -0.3 is 9.80 Å². The maximum Gasteiger partial charge on any atom is 0.0640 e. The van der Waals surface area contributed by atoms with Crippen molar-refractivity contribution in [1.29, 1.82) is 0 Å². The molecule has 70 heavy (non-hydrogen) atoms. The van der Waals surface area contributed by atoms with Gasteiger partial charge in [-0.05, 0) is 181 Å². The van der Waals surface area contributed by atoms with E-state index in [0.29, 0.717) is 0 Å². The summed E-state index contributed by atoms with van der Waals surface area (Å²) in [5.74, 6) is 0. The monoisotopic (exact) mass is 936 g/mol. The average molecular weight is 937 g/mol. The molecule has 10 aromatic carbocycles. The summed E-state index contributed by atoms with van der Waals surface area (Å²) in [7, 11) is 0. The minimum Gasteiger partial charge on any atom is -0.309 e. The van der Waals surface area contributed by atoms with Crippen molar-refractivity contribution in [2.24, 2.45) is 0 Å². The van der Waals surface area contributed by atoms with Gasteiger partial charge in [0.05, 0.1) is 20.8 Å². The van der Waals surface area contributed by atoms with Crippen molar-refractivity contribution in [3.8, 4) is 33.4 Å². The molecule has 4 heteroatoms. The average Bonchev–Trinajstić information content (AvgIpc) is 3.95. The fourth-order valence-electron chi connectivity index (χ4n) is 10.8. The molecule has 2 aromatic heterocycles. The molecular weight excluding hydrogens is 885 g/mol. The minimum atomic E-state index is 1.13. The van der Waals surface area contributed by atoms with Crippen LogP contribution in [0.3, 0.4) is 0 Å². The van der Waals surface area contributed by atoms with Crippen LogP contribution in [0.4, 0.5) is 34.1 Å². The molecule has 12 aromatic rings. The number of benzene rings is 10. The first-order valence-electron chi connectivity index (χ1n) is 24.2. The summed E-state index contributed by atoms with van der Waals surface area (Å²) in [5.41, 5.74) is 22.0. The Labute approximate surface area is 419 Å². The summed E-state index contributed by atoms with van der Waals surface area (Å²) in [6, 6.07) is 76.5. The molecule has 338 valence electrons. The highest BCUT2D eigenvalue weighted by atomic mass is 32.1. The van der Waals surface area contributed by atoms with Crippen LogP contribution < -0.4 is 9.80 Å². The number of nitrogens with zero attached hydrogens (tertiary/aromatic N) is 2. The van der Waals surface area contributed by atoms with Gasteiger partial charge in [0.1, 0.15) is 0 Å². The maximum atomic E-state index is 2.47. The Bertz CT molecular complexity index is 3740. The molecule has 2 nitrogen and oxygen atoms in total. The number of anilines is 6. The first-order chi connectivity index (χ1) is 34.2. The van der Waals surface area contributed by atoms with Crippen LogP contribution in [0.1, 0.15) is 33.4 Å². The largest absolute Gasteiger partial charge is 0.309 e. The van der Waals surface area contributed by atoms with Gasteiger partial charge in [0.2, 0.25) is 0 Å². The van der Waals surface area contributed by atoms with Crippen LogP contribution >= 0.6 is 22.7 Å². The summed E-state index contributed by atoms with van der Waals surface area (Å²) in [5, 5.41) is 5.18. The highest BCUT2D eigenvalue weighted by molar-refractivity contribution is 7.26. The number of fused-ring (bicyclic) bond motifs is 6. The highest BCUT2D eigenvalue weighted by Crippen LogP contribution is 2.49. The van der Waals surface area contributed by atoms with Gasteiger partial charge in [0.15, 0.2) is 0 Å². The van der Waals surface area contributed by atoms with Gasteiger partial charge in [0.25, 0.3) is 0 Å². The number of aryl methyl sites for hydroxylation is 6. The molecule has 0 aliphatic rings. The molecule has 0 spiro atoms. The molecular formula is C66H52N2S2. The molecule has 0 aliphatic heterocycles. The molecule has 0 aliphatic carbocycles. The third-order valence-electron chi connectivity index (χ3n) is 14.3. The van der Waals surface area contributed by atoms with Crippen molar-refractivity contribution >= 4 is 97.1 Å². The van der Waals surface area contributed by atoms with Crippen LogP contribution in [-0.4, -0.2) is 0 Å². The van der Waals surface area contributed by atoms with E-state index in [1.54, 1.807) is 0 Å². The Hall–Kier alpha value is -7.76. The molecule has 0 amide bonds. The third kappa shape index (κ3) is 7.47. The zero-order chi connectivity index (χ0) is 47.6. The van der Waals surface area contributed by atoms with E-state index in [-0.39, 0.29) is 0 Å². The number of rotatable bonds is 9. The van der Waals surface area contributed by atoms with Gasteiger partial charge in [0, 0.05) is 53.7 Å². The molecule has 0 N–H and O–H groups in total. The standard InChI is InChI=1S/C66H52N2S2/c1-41-17-7-9-19-51(41)53-33-29-47(37-43(53)3)67(61-25-15-23-59-57-21-11-13-27-63(57)69-65(59)61)49-31-35-55(45(5)39-49)56-36-32-50(40-46(56)6)68(48-30-34-54(44(4)38-48)52-20-10-8-18-42(52)2)62-26-16-24-60-58-22-12-14-28-64(58)70-66(60)62/h7-40H,1-6H3. The van der Waals surface area contributed by atoms with E-state index in [1.165, 1.54) is 118 Å². The van der Waals surface area contributed by atoms with Crippen molar-refractivity contribution in [2.45, 2.75) is 41.5 Å². The van der Waals surface area contributed by atoms with Crippen LogP contribution in [0.15, 0.2) is 206 Å². The van der Waals surface area contributed by atoms with Crippen molar-refractivity contribution in [2.75, 3.05) is 9.80 Å².